The van der Waals surface area contributed by atoms with Crippen LogP contribution in [0.1, 0.15) is 22.5 Å². The minimum atomic E-state index is 1.14. The molecule has 0 bridgehead atoms. The fourth-order valence-electron chi connectivity index (χ4n) is 6.36. The lowest BCUT2D eigenvalue weighted by molar-refractivity contribution is 1.01. The third-order valence-electron chi connectivity index (χ3n) is 8.22. The maximum absolute atomic E-state index is 4.14. The molecule has 0 saturated carbocycles. The average Bonchev–Trinajstić information content (AvgIpc) is 3.53. The summed E-state index contributed by atoms with van der Waals surface area (Å²) >= 11 is 0. The minimum Gasteiger partial charge on any atom is -0.344 e. The van der Waals surface area contributed by atoms with E-state index in [-0.39, 0.29) is 0 Å². The van der Waals surface area contributed by atoms with E-state index in [4.69, 9.17) is 0 Å². The Bertz CT molecular complexity index is 1940. The van der Waals surface area contributed by atoms with Gasteiger partial charge in [-0.2, -0.15) is 0 Å². The maximum atomic E-state index is 4.14. The van der Waals surface area contributed by atoms with Gasteiger partial charge in [-0.1, -0.05) is 49.6 Å². The van der Waals surface area contributed by atoms with Crippen molar-refractivity contribution in [2.75, 3.05) is 0 Å². The summed E-state index contributed by atoms with van der Waals surface area (Å²) in [5, 5.41) is 4.99. The van der Waals surface area contributed by atoms with Gasteiger partial charge in [0.15, 0.2) is 0 Å². The number of aryl methyl sites for hydroxylation is 3. The summed E-state index contributed by atoms with van der Waals surface area (Å²) in [5.74, 6) is 0. The zero-order valence-corrected chi connectivity index (χ0v) is 22.0. The number of para-hydroxylation sites is 2. The molecular formula is C35H29N3. The molecule has 0 radical (unpaired) electrons. The highest BCUT2D eigenvalue weighted by Crippen LogP contribution is 2.36. The lowest BCUT2D eigenvalue weighted by atomic mass is 10.1. The second kappa shape index (κ2) is 8.12. The highest BCUT2D eigenvalue weighted by molar-refractivity contribution is 6.10. The topological polar surface area (TPSA) is 14.8 Å². The van der Waals surface area contributed by atoms with Crippen LogP contribution < -0.4 is 0 Å². The summed E-state index contributed by atoms with van der Waals surface area (Å²) in [6, 6.07) is 30.8. The molecule has 3 heterocycles. The fraction of sp³-hybridized carbons (Fsp3) is 0.0857. The van der Waals surface area contributed by atoms with Crippen molar-refractivity contribution in [3.63, 3.8) is 0 Å². The number of benzene rings is 4. The Balaban J connectivity index is 1.53. The minimum absolute atomic E-state index is 1.14. The molecule has 0 saturated heterocycles. The first-order chi connectivity index (χ1) is 18.5. The van der Waals surface area contributed by atoms with Gasteiger partial charge < -0.3 is 13.7 Å². The monoisotopic (exact) mass is 491 g/mol. The van der Waals surface area contributed by atoms with Crippen molar-refractivity contribution >= 4 is 55.8 Å². The molecule has 4 aromatic carbocycles. The molecule has 0 atom stereocenters. The first kappa shape index (κ1) is 22.4. The predicted molar refractivity (Wildman–Crippen MR) is 164 cm³/mol. The molecule has 38 heavy (non-hydrogen) atoms. The molecule has 0 fully saturated rings. The van der Waals surface area contributed by atoms with Gasteiger partial charge in [0, 0.05) is 62.4 Å². The van der Waals surface area contributed by atoms with E-state index in [0.717, 1.165) is 22.8 Å². The Labute approximate surface area is 222 Å². The van der Waals surface area contributed by atoms with Gasteiger partial charge in [-0.3, -0.25) is 0 Å². The Morgan fingerprint density at radius 1 is 0.526 bits per heavy atom. The summed E-state index contributed by atoms with van der Waals surface area (Å²) in [4.78, 5) is 0. The van der Waals surface area contributed by atoms with Crippen molar-refractivity contribution < 1.29 is 0 Å². The van der Waals surface area contributed by atoms with E-state index in [1.807, 2.05) is 12.2 Å². The lowest BCUT2D eigenvalue weighted by Crippen LogP contribution is -1.97. The molecule has 0 aliphatic heterocycles. The predicted octanol–water partition coefficient (Wildman–Crippen LogP) is 9.12. The molecule has 0 amide bonds. The third-order valence-corrected chi connectivity index (χ3v) is 8.22. The third kappa shape index (κ3) is 2.90. The molecule has 0 N–H and O–H groups in total. The van der Waals surface area contributed by atoms with Crippen LogP contribution in [0.5, 0.6) is 0 Å². The highest BCUT2D eigenvalue weighted by Gasteiger charge is 2.17. The highest BCUT2D eigenvalue weighted by atomic mass is 15.0. The number of rotatable bonds is 4. The quantitative estimate of drug-likeness (QED) is 0.233. The van der Waals surface area contributed by atoms with Gasteiger partial charge in [0.05, 0.1) is 11.0 Å². The van der Waals surface area contributed by atoms with Crippen LogP contribution in [0.3, 0.4) is 0 Å². The van der Waals surface area contributed by atoms with Gasteiger partial charge in [0.1, 0.15) is 0 Å². The Hall–Kier alpha value is -4.76. The van der Waals surface area contributed by atoms with Crippen molar-refractivity contribution in [2.45, 2.75) is 13.8 Å². The van der Waals surface area contributed by atoms with Crippen molar-refractivity contribution in [3.05, 3.63) is 121 Å². The Kier molecular flexibility index (Phi) is 4.80. The lowest BCUT2D eigenvalue weighted by Gasteiger charge is -2.11. The van der Waals surface area contributed by atoms with Crippen LogP contribution >= 0.6 is 0 Å². The molecule has 7 rings (SSSR count). The zero-order valence-electron chi connectivity index (χ0n) is 22.0. The zero-order chi connectivity index (χ0) is 26.1. The van der Waals surface area contributed by atoms with Crippen LogP contribution in [0.4, 0.5) is 0 Å². The first-order valence-electron chi connectivity index (χ1n) is 13.0. The van der Waals surface area contributed by atoms with Crippen LogP contribution in [0.2, 0.25) is 0 Å². The molecule has 7 aromatic rings. The SMILES string of the molecule is C=Cc1c(C)c2ccccc2n1-c1ccc2c(c1)c1cc(-n3c(C=C)c(C)c4ccccc43)ccc1n2C. The molecular weight excluding hydrogens is 462 g/mol. The Morgan fingerprint density at radius 2 is 0.947 bits per heavy atom. The molecule has 3 heteroatoms. The van der Waals surface area contributed by atoms with E-state index in [0.29, 0.717) is 0 Å². The van der Waals surface area contributed by atoms with E-state index >= 15 is 0 Å². The number of hydrogen-bond donors (Lipinski definition) is 0. The largest absolute Gasteiger partial charge is 0.344 e. The van der Waals surface area contributed by atoms with Crippen LogP contribution in [0, 0.1) is 13.8 Å². The number of hydrogen-bond acceptors (Lipinski definition) is 0. The molecule has 0 unspecified atom stereocenters. The second-order valence-electron chi connectivity index (χ2n) is 10.1. The summed E-state index contributed by atoms with van der Waals surface area (Å²) < 4.78 is 6.95. The first-order valence-corrected chi connectivity index (χ1v) is 13.0. The van der Waals surface area contributed by atoms with Crippen molar-refractivity contribution in [1.82, 2.24) is 13.7 Å². The molecule has 0 aliphatic carbocycles. The summed E-state index contributed by atoms with van der Waals surface area (Å²) in [6.07, 6.45) is 3.94. The number of fused-ring (bicyclic) bond motifs is 5. The standard InChI is InChI=1S/C35H29N3/c1-6-30-22(3)26-12-8-10-14-34(26)37(30)24-16-18-32-28(20-24)29-21-25(17-19-33(29)36(32)5)38-31(7-2)23(4)27-13-9-11-15-35(27)38/h6-21H,1-2H2,3-5H3. The van der Waals surface area contributed by atoms with Gasteiger partial charge in [0.2, 0.25) is 0 Å². The molecule has 184 valence electrons. The summed E-state index contributed by atoms with van der Waals surface area (Å²) in [7, 11) is 2.15. The average molecular weight is 492 g/mol. The van der Waals surface area contributed by atoms with E-state index < -0.39 is 0 Å². The van der Waals surface area contributed by atoms with Gasteiger partial charge in [-0.05, 0) is 85.7 Å². The van der Waals surface area contributed by atoms with Crippen LogP contribution in [-0.4, -0.2) is 13.7 Å². The summed E-state index contributed by atoms with van der Waals surface area (Å²) in [5.41, 5.74) is 11.9. The van der Waals surface area contributed by atoms with Crippen molar-refractivity contribution in [2.24, 2.45) is 7.05 Å². The van der Waals surface area contributed by atoms with Gasteiger partial charge in [-0.25, -0.2) is 0 Å². The van der Waals surface area contributed by atoms with Crippen molar-refractivity contribution in [1.29, 1.82) is 0 Å². The molecule has 0 spiro atoms. The maximum Gasteiger partial charge on any atom is 0.0537 e. The smallest absolute Gasteiger partial charge is 0.0537 e. The van der Waals surface area contributed by atoms with E-state index in [2.05, 4.69) is 133 Å². The fourth-order valence-corrected chi connectivity index (χ4v) is 6.36. The molecule has 0 aliphatic rings. The van der Waals surface area contributed by atoms with Gasteiger partial charge in [0.25, 0.3) is 0 Å². The Morgan fingerprint density at radius 3 is 1.37 bits per heavy atom. The van der Waals surface area contributed by atoms with Crippen LogP contribution in [0.25, 0.3) is 67.1 Å². The van der Waals surface area contributed by atoms with Gasteiger partial charge in [-0.15, -0.1) is 0 Å². The van der Waals surface area contributed by atoms with E-state index in [1.165, 1.54) is 54.7 Å². The van der Waals surface area contributed by atoms with Crippen LogP contribution in [0.15, 0.2) is 98.1 Å². The number of nitrogens with zero attached hydrogens (tertiary/aromatic N) is 3. The second-order valence-corrected chi connectivity index (χ2v) is 10.1. The van der Waals surface area contributed by atoms with E-state index in [9.17, 15) is 0 Å². The molecule has 3 nitrogen and oxygen atoms in total. The summed E-state index contributed by atoms with van der Waals surface area (Å²) in [6.45, 7) is 12.6. The van der Waals surface area contributed by atoms with Crippen LogP contribution in [-0.2, 0) is 7.05 Å². The van der Waals surface area contributed by atoms with Gasteiger partial charge >= 0.3 is 0 Å². The normalized spacial score (nSPS) is 11.8. The number of aromatic nitrogens is 3. The van der Waals surface area contributed by atoms with E-state index in [1.54, 1.807) is 0 Å². The molecule has 3 aromatic heterocycles. The van der Waals surface area contributed by atoms with Crippen molar-refractivity contribution in [3.8, 4) is 11.4 Å².